The molecule has 1 nitrogen and oxygen atoms in total. The summed E-state index contributed by atoms with van der Waals surface area (Å²) >= 11 is 3.74. The van der Waals surface area contributed by atoms with Gasteiger partial charge in [-0.05, 0) is 100 Å². The molecule has 0 saturated heterocycles. The Bertz CT molecular complexity index is 2830. The Balaban J connectivity index is 1.03. The SMILES string of the molecule is c1ccc(-c2ccc(-c3ccc(N(c4ccccc4)c4ccc5sc6ccc(-c7ccc8c(c7)sc7ccccc78)cc6c5c4)cc3)cc2)cc1. The molecule has 240 valence electrons. The monoisotopic (exact) mass is 685 g/mol. The summed E-state index contributed by atoms with van der Waals surface area (Å²) in [7, 11) is 0. The Hall–Kier alpha value is -6.00. The first-order chi connectivity index (χ1) is 25.2. The van der Waals surface area contributed by atoms with Crippen LogP contribution in [-0.4, -0.2) is 0 Å². The van der Waals surface area contributed by atoms with E-state index in [-0.39, 0.29) is 0 Å². The van der Waals surface area contributed by atoms with Crippen LogP contribution in [0.1, 0.15) is 0 Å². The third-order valence-corrected chi connectivity index (χ3v) is 12.2. The van der Waals surface area contributed by atoms with Crippen LogP contribution in [-0.2, 0) is 0 Å². The van der Waals surface area contributed by atoms with Gasteiger partial charge in [-0.3, -0.25) is 0 Å². The van der Waals surface area contributed by atoms with Gasteiger partial charge >= 0.3 is 0 Å². The van der Waals surface area contributed by atoms with Crippen LogP contribution in [0.4, 0.5) is 17.1 Å². The molecule has 10 rings (SSSR count). The number of benzene rings is 8. The van der Waals surface area contributed by atoms with Crippen LogP contribution in [0.25, 0.3) is 73.7 Å². The molecule has 10 aromatic rings. The highest BCUT2D eigenvalue weighted by Crippen LogP contribution is 2.43. The standard InChI is InChI=1S/C48H31NS2/c1-3-9-32(10-4-1)33-15-17-34(18-16-33)35-19-23-39(24-20-35)49(38-11-5-2-6-12-38)40-25-28-47-44(31-40)43-29-36(22-27-46(43)50-47)37-21-26-42-41-13-7-8-14-45(41)51-48(42)30-37/h1-31H. The van der Waals surface area contributed by atoms with E-state index in [0.717, 1.165) is 17.1 Å². The third-order valence-electron chi connectivity index (χ3n) is 9.89. The molecule has 0 unspecified atom stereocenters. The molecule has 0 amide bonds. The lowest BCUT2D eigenvalue weighted by Gasteiger charge is -2.26. The average molecular weight is 686 g/mol. The molecule has 0 aliphatic carbocycles. The maximum absolute atomic E-state index is 2.39. The van der Waals surface area contributed by atoms with Crippen LogP contribution in [0.3, 0.4) is 0 Å². The van der Waals surface area contributed by atoms with Gasteiger partial charge in [-0.15, -0.1) is 22.7 Å². The molecule has 2 aromatic heterocycles. The zero-order chi connectivity index (χ0) is 33.7. The van der Waals surface area contributed by atoms with Gasteiger partial charge in [0.2, 0.25) is 0 Å². The minimum atomic E-state index is 1.13. The zero-order valence-corrected chi connectivity index (χ0v) is 29.3. The van der Waals surface area contributed by atoms with Crippen molar-refractivity contribution >= 4 is 80.1 Å². The van der Waals surface area contributed by atoms with Crippen LogP contribution >= 0.6 is 22.7 Å². The van der Waals surface area contributed by atoms with Crippen molar-refractivity contribution in [2.24, 2.45) is 0 Å². The van der Waals surface area contributed by atoms with Gasteiger partial charge in [-0.1, -0.05) is 121 Å². The highest BCUT2D eigenvalue weighted by Gasteiger charge is 2.16. The summed E-state index contributed by atoms with van der Waals surface area (Å²) in [6.45, 7) is 0. The molecule has 0 spiro atoms. The highest BCUT2D eigenvalue weighted by molar-refractivity contribution is 7.26. The first-order valence-corrected chi connectivity index (χ1v) is 18.9. The summed E-state index contributed by atoms with van der Waals surface area (Å²) in [4.78, 5) is 2.37. The minimum absolute atomic E-state index is 1.13. The van der Waals surface area contributed by atoms with Gasteiger partial charge in [0, 0.05) is 57.4 Å². The first-order valence-electron chi connectivity index (χ1n) is 17.2. The predicted octanol–water partition coefficient (Wildman–Crippen LogP) is 14.9. The fourth-order valence-corrected chi connectivity index (χ4v) is 9.51. The largest absolute Gasteiger partial charge is 0.310 e. The molecule has 0 atom stereocenters. The predicted molar refractivity (Wildman–Crippen MR) is 223 cm³/mol. The summed E-state index contributed by atoms with van der Waals surface area (Å²) in [5.41, 5.74) is 10.8. The lowest BCUT2D eigenvalue weighted by Crippen LogP contribution is -2.09. The Morgan fingerprint density at radius 1 is 0.255 bits per heavy atom. The Morgan fingerprint density at radius 2 is 0.706 bits per heavy atom. The maximum Gasteiger partial charge on any atom is 0.0468 e. The number of thiophene rings is 2. The van der Waals surface area contributed by atoms with Crippen molar-refractivity contribution in [2.75, 3.05) is 4.90 Å². The van der Waals surface area contributed by atoms with Gasteiger partial charge in [-0.25, -0.2) is 0 Å². The third kappa shape index (κ3) is 5.39. The molecule has 8 aromatic carbocycles. The van der Waals surface area contributed by atoms with Crippen molar-refractivity contribution in [1.29, 1.82) is 0 Å². The molecule has 51 heavy (non-hydrogen) atoms. The van der Waals surface area contributed by atoms with E-state index in [0.29, 0.717) is 0 Å². The average Bonchev–Trinajstić information content (AvgIpc) is 3.76. The lowest BCUT2D eigenvalue weighted by molar-refractivity contribution is 1.29. The minimum Gasteiger partial charge on any atom is -0.310 e. The molecule has 0 saturated carbocycles. The Kier molecular flexibility index (Phi) is 7.26. The molecular formula is C48H31NS2. The molecule has 0 aliphatic heterocycles. The Morgan fingerprint density at radius 3 is 1.45 bits per heavy atom. The number of para-hydroxylation sites is 1. The zero-order valence-electron chi connectivity index (χ0n) is 27.7. The van der Waals surface area contributed by atoms with Crippen molar-refractivity contribution in [3.63, 3.8) is 0 Å². The summed E-state index contributed by atoms with van der Waals surface area (Å²) in [6, 6.07) is 68.6. The van der Waals surface area contributed by atoms with Crippen LogP contribution < -0.4 is 4.90 Å². The molecule has 0 N–H and O–H groups in total. The normalized spacial score (nSPS) is 11.5. The van der Waals surface area contributed by atoms with E-state index in [1.807, 2.05) is 22.7 Å². The van der Waals surface area contributed by atoms with E-state index in [1.165, 1.54) is 73.7 Å². The Labute approximate surface area is 304 Å². The molecule has 3 heteroatoms. The van der Waals surface area contributed by atoms with E-state index in [4.69, 9.17) is 0 Å². The van der Waals surface area contributed by atoms with Crippen molar-refractivity contribution in [2.45, 2.75) is 0 Å². The lowest BCUT2D eigenvalue weighted by atomic mass is 10.00. The van der Waals surface area contributed by atoms with Gasteiger partial charge in [-0.2, -0.15) is 0 Å². The van der Waals surface area contributed by atoms with Crippen LogP contribution in [0.5, 0.6) is 0 Å². The summed E-state index contributed by atoms with van der Waals surface area (Å²) in [6.07, 6.45) is 0. The number of rotatable bonds is 6. The molecule has 0 bridgehead atoms. The van der Waals surface area contributed by atoms with Crippen LogP contribution in [0, 0.1) is 0 Å². The molecule has 0 fully saturated rings. The van der Waals surface area contributed by atoms with Gasteiger partial charge in [0.25, 0.3) is 0 Å². The summed E-state index contributed by atoms with van der Waals surface area (Å²) in [5.74, 6) is 0. The van der Waals surface area contributed by atoms with Crippen LogP contribution in [0.2, 0.25) is 0 Å². The second-order valence-corrected chi connectivity index (χ2v) is 15.1. The smallest absolute Gasteiger partial charge is 0.0468 e. The second kappa shape index (κ2) is 12.4. The van der Waals surface area contributed by atoms with Crippen molar-refractivity contribution in [1.82, 2.24) is 0 Å². The topological polar surface area (TPSA) is 3.24 Å². The van der Waals surface area contributed by atoms with E-state index >= 15 is 0 Å². The number of nitrogens with zero attached hydrogens (tertiary/aromatic N) is 1. The highest BCUT2D eigenvalue weighted by atomic mass is 32.1. The maximum atomic E-state index is 2.39. The number of hydrogen-bond donors (Lipinski definition) is 0. The molecule has 0 aliphatic rings. The van der Waals surface area contributed by atoms with Crippen molar-refractivity contribution in [3.05, 3.63) is 188 Å². The van der Waals surface area contributed by atoms with E-state index < -0.39 is 0 Å². The number of anilines is 3. The quantitative estimate of drug-likeness (QED) is 0.168. The van der Waals surface area contributed by atoms with Crippen molar-refractivity contribution in [3.8, 4) is 33.4 Å². The summed E-state index contributed by atoms with van der Waals surface area (Å²) < 4.78 is 5.28. The van der Waals surface area contributed by atoms with Gasteiger partial charge in [0.1, 0.15) is 0 Å². The fraction of sp³-hybridized carbons (Fsp3) is 0. The fourth-order valence-electron chi connectivity index (χ4n) is 7.30. The van der Waals surface area contributed by atoms with Crippen LogP contribution in [0.15, 0.2) is 188 Å². The second-order valence-electron chi connectivity index (χ2n) is 13.0. The van der Waals surface area contributed by atoms with E-state index in [1.54, 1.807) is 0 Å². The van der Waals surface area contributed by atoms with E-state index in [2.05, 4.69) is 193 Å². The van der Waals surface area contributed by atoms with E-state index in [9.17, 15) is 0 Å². The van der Waals surface area contributed by atoms with Crippen molar-refractivity contribution < 1.29 is 0 Å². The number of fused-ring (bicyclic) bond motifs is 6. The number of hydrogen-bond acceptors (Lipinski definition) is 3. The molecule has 2 heterocycles. The molecule has 0 radical (unpaired) electrons. The summed E-state index contributed by atoms with van der Waals surface area (Å²) in [5, 5.41) is 5.26. The van der Waals surface area contributed by atoms with Gasteiger partial charge in [0.15, 0.2) is 0 Å². The van der Waals surface area contributed by atoms with Gasteiger partial charge in [0.05, 0.1) is 0 Å². The molecular weight excluding hydrogens is 655 g/mol. The first kappa shape index (κ1) is 29.9. The van der Waals surface area contributed by atoms with Gasteiger partial charge < -0.3 is 4.90 Å².